The summed E-state index contributed by atoms with van der Waals surface area (Å²) in [6.45, 7) is 2.53. The molecule has 1 N–H and O–H groups in total. The Balaban J connectivity index is 0. The van der Waals surface area contributed by atoms with Crippen LogP contribution < -0.4 is 0 Å². The van der Waals surface area contributed by atoms with Crippen LogP contribution in [0.5, 0.6) is 0 Å². The molecule has 0 atom stereocenters. The van der Waals surface area contributed by atoms with Gasteiger partial charge in [-0.1, -0.05) is 26.2 Å². The number of hydrogen-bond donors (Lipinski definition) is 1. The first-order chi connectivity index (χ1) is 4.41. The van der Waals surface area contributed by atoms with Crippen molar-refractivity contribution in [3.05, 3.63) is 0 Å². The molecule has 0 aromatic rings. The quantitative estimate of drug-likeness (QED) is 0.585. The molecule has 9 heavy (non-hydrogen) atoms. The van der Waals surface area contributed by atoms with Crippen LogP contribution in [0.2, 0.25) is 0 Å². The van der Waals surface area contributed by atoms with E-state index in [9.17, 15) is 0 Å². The Hall–Kier alpha value is 0.999. The Labute approximate surface area is 71.7 Å². The van der Waals surface area contributed by atoms with E-state index in [0.29, 0.717) is 6.61 Å². The summed E-state index contributed by atoms with van der Waals surface area (Å²) in [4.78, 5) is 0. The number of aliphatic hydroxyl groups excluding tert-OH is 1. The van der Waals surface area contributed by atoms with Crippen molar-refractivity contribution in [3.63, 3.8) is 0 Å². The van der Waals surface area contributed by atoms with Crippen molar-refractivity contribution in [3.8, 4) is 0 Å². The van der Waals surface area contributed by atoms with E-state index in [4.69, 9.17) is 5.11 Å². The third kappa shape index (κ3) is 17.6. The van der Waals surface area contributed by atoms with Gasteiger partial charge in [-0.25, -0.2) is 0 Å². The maximum absolute atomic E-state index is 8.29. The molecule has 0 aliphatic heterocycles. The molecule has 0 unspecified atom stereocenters. The SMILES string of the molecule is CCCCCCO.[Se]=[Se]. The second-order valence-corrected chi connectivity index (χ2v) is 1.78. The molecule has 0 fully saturated rings. The number of unbranched alkanes of at least 4 members (excludes halogenated alkanes) is 3. The summed E-state index contributed by atoms with van der Waals surface area (Å²) < 4.78 is 0. The summed E-state index contributed by atoms with van der Waals surface area (Å²) in [6, 6.07) is 0. The first-order valence-corrected chi connectivity index (χ1v) is 7.52. The Bertz CT molecular complexity index is 38.0. The fourth-order valence-corrected chi connectivity index (χ4v) is 0.539. The molecule has 0 amide bonds. The van der Waals surface area contributed by atoms with Gasteiger partial charge in [0.05, 0.1) is 0 Å². The Kier molecular flexibility index (Phi) is 22.5. The zero-order valence-corrected chi connectivity index (χ0v) is 9.23. The minimum atomic E-state index is 0.361. The fourth-order valence-electron chi connectivity index (χ4n) is 0.539. The minimum absolute atomic E-state index is 0.361. The predicted octanol–water partition coefficient (Wildman–Crippen LogP) is 0.797. The van der Waals surface area contributed by atoms with Crippen LogP contribution in [-0.2, 0) is 0 Å². The summed E-state index contributed by atoms with van der Waals surface area (Å²) in [7, 11) is 0. The van der Waals surface area contributed by atoms with Crippen molar-refractivity contribution in [1.82, 2.24) is 0 Å². The molecular formula is C6H14OSe2. The molecule has 56 valence electrons. The van der Waals surface area contributed by atoms with Gasteiger partial charge in [0.1, 0.15) is 0 Å². The van der Waals surface area contributed by atoms with E-state index in [0.717, 1.165) is 6.42 Å². The molecule has 0 aliphatic carbocycles. The Morgan fingerprint density at radius 2 is 1.67 bits per heavy atom. The van der Waals surface area contributed by atoms with Crippen LogP contribution in [0.3, 0.4) is 0 Å². The number of hydrogen-bond acceptors (Lipinski definition) is 1. The van der Waals surface area contributed by atoms with Gasteiger partial charge in [0.15, 0.2) is 0 Å². The van der Waals surface area contributed by atoms with E-state index < -0.39 is 0 Å². The van der Waals surface area contributed by atoms with Crippen LogP contribution in [0.25, 0.3) is 0 Å². The Morgan fingerprint density at radius 3 is 2.00 bits per heavy atom. The Morgan fingerprint density at radius 1 is 1.11 bits per heavy atom. The van der Waals surface area contributed by atoms with Gasteiger partial charge >= 0.3 is 27.3 Å². The average Bonchev–Trinajstić information content (AvgIpc) is 1.94. The normalized spacial score (nSPS) is 7.78. The van der Waals surface area contributed by atoms with Crippen molar-refractivity contribution >= 4 is 27.3 Å². The summed E-state index contributed by atoms with van der Waals surface area (Å²) in [5.41, 5.74) is 0. The van der Waals surface area contributed by atoms with Gasteiger partial charge in [-0.15, -0.1) is 0 Å². The molecule has 1 nitrogen and oxygen atoms in total. The van der Waals surface area contributed by atoms with E-state index in [-0.39, 0.29) is 0 Å². The van der Waals surface area contributed by atoms with Crippen LogP contribution in [0.1, 0.15) is 32.6 Å². The zero-order chi connectivity index (χ0) is 7.54. The molecule has 0 heterocycles. The van der Waals surface area contributed by atoms with Crippen LogP contribution in [0.15, 0.2) is 0 Å². The van der Waals surface area contributed by atoms with Gasteiger partial charge in [-0.2, -0.15) is 0 Å². The van der Waals surface area contributed by atoms with Gasteiger partial charge in [0.2, 0.25) is 0 Å². The van der Waals surface area contributed by atoms with Crippen molar-refractivity contribution in [2.45, 2.75) is 32.6 Å². The summed E-state index contributed by atoms with van der Waals surface area (Å²) in [6.07, 6.45) is 4.68. The topological polar surface area (TPSA) is 20.2 Å². The standard InChI is InChI=1S/C6H14O.Se2/c1-2-3-4-5-6-7;1-2/h7H,2-6H2,1H3;. The predicted molar refractivity (Wildman–Crippen MR) is 42.7 cm³/mol. The third-order valence-corrected chi connectivity index (χ3v) is 1.01. The van der Waals surface area contributed by atoms with E-state index in [1.807, 2.05) is 0 Å². The second-order valence-electron chi connectivity index (χ2n) is 1.78. The molecule has 0 bridgehead atoms. The van der Waals surface area contributed by atoms with Crippen LogP contribution in [0, 0.1) is 0 Å². The average molecular weight is 260 g/mol. The van der Waals surface area contributed by atoms with Crippen molar-refractivity contribution < 1.29 is 5.11 Å². The van der Waals surface area contributed by atoms with E-state index >= 15 is 0 Å². The number of aliphatic hydroxyl groups is 1. The molecule has 0 aliphatic rings. The van der Waals surface area contributed by atoms with Crippen LogP contribution >= 0.6 is 0 Å². The van der Waals surface area contributed by atoms with E-state index in [1.54, 1.807) is 0 Å². The van der Waals surface area contributed by atoms with Gasteiger partial charge in [-0.05, 0) is 6.42 Å². The molecular weight excluding hydrogens is 246 g/mol. The molecule has 0 saturated heterocycles. The molecule has 0 aromatic carbocycles. The molecule has 0 rings (SSSR count). The summed E-state index contributed by atoms with van der Waals surface area (Å²) in [5, 5.41) is 8.29. The summed E-state index contributed by atoms with van der Waals surface area (Å²) >= 11 is 5.00. The third-order valence-electron chi connectivity index (χ3n) is 1.01. The van der Waals surface area contributed by atoms with Gasteiger partial charge in [-0.3, -0.25) is 0 Å². The van der Waals surface area contributed by atoms with Gasteiger partial charge < -0.3 is 5.11 Å². The molecule has 0 radical (unpaired) electrons. The first-order valence-electron chi connectivity index (χ1n) is 3.19. The van der Waals surface area contributed by atoms with Gasteiger partial charge in [0.25, 0.3) is 0 Å². The number of rotatable bonds is 4. The summed E-state index contributed by atoms with van der Waals surface area (Å²) in [5.74, 6) is 0. The molecule has 0 spiro atoms. The van der Waals surface area contributed by atoms with Crippen molar-refractivity contribution in [1.29, 1.82) is 0 Å². The van der Waals surface area contributed by atoms with Crippen LogP contribution in [-0.4, -0.2) is 39.0 Å². The molecule has 3 heteroatoms. The van der Waals surface area contributed by atoms with Gasteiger partial charge in [0, 0.05) is 6.61 Å². The second kappa shape index (κ2) is 16.0. The van der Waals surface area contributed by atoms with E-state index in [2.05, 4.69) is 34.2 Å². The maximum atomic E-state index is 8.29. The fraction of sp³-hybridized carbons (Fsp3) is 1.00. The molecule has 0 aromatic heterocycles. The van der Waals surface area contributed by atoms with E-state index in [1.165, 1.54) is 19.3 Å². The first kappa shape index (κ1) is 12.7. The van der Waals surface area contributed by atoms with Crippen molar-refractivity contribution in [2.24, 2.45) is 0 Å². The monoisotopic (exact) mass is 262 g/mol. The van der Waals surface area contributed by atoms with Crippen LogP contribution in [0.4, 0.5) is 0 Å². The van der Waals surface area contributed by atoms with Crippen molar-refractivity contribution in [2.75, 3.05) is 6.61 Å². The zero-order valence-electron chi connectivity index (χ0n) is 5.80. The molecule has 0 saturated carbocycles.